The van der Waals surface area contributed by atoms with Gasteiger partial charge in [-0.25, -0.2) is 0 Å². The summed E-state index contributed by atoms with van der Waals surface area (Å²) >= 11 is 1.92. The quantitative estimate of drug-likeness (QED) is 0.716. The number of thioether (sulfide) groups is 1. The zero-order valence-corrected chi connectivity index (χ0v) is 8.90. The number of furan rings is 1. The average Bonchev–Trinajstić information content (AvgIpc) is 2.52. The van der Waals surface area contributed by atoms with Gasteiger partial charge in [0.25, 0.3) is 0 Å². The Hall–Kier alpha value is -0.410. The third-order valence-corrected chi connectivity index (χ3v) is 2.99. The summed E-state index contributed by atoms with van der Waals surface area (Å²) in [5.74, 6) is 3.28. The van der Waals surface area contributed by atoms with Gasteiger partial charge < -0.3 is 10.2 Å². The van der Waals surface area contributed by atoms with Crippen molar-refractivity contribution < 1.29 is 4.42 Å². The van der Waals surface area contributed by atoms with E-state index in [1.54, 1.807) is 6.26 Å². The molecule has 0 aliphatic rings. The van der Waals surface area contributed by atoms with Crippen molar-refractivity contribution in [1.82, 2.24) is 0 Å². The van der Waals surface area contributed by atoms with E-state index in [1.165, 1.54) is 17.7 Å². The molecule has 1 heterocycles. The molecule has 0 unspecified atom stereocenters. The number of nitrogens with two attached hydrogens (primary N) is 1. The molecule has 0 aromatic carbocycles. The van der Waals surface area contributed by atoms with Crippen molar-refractivity contribution >= 4 is 11.8 Å². The third kappa shape index (κ3) is 3.87. The number of unbranched alkanes of at least 4 members (excludes halogenated alkanes) is 1. The fraction of sp³-hybridized carbons (Fsp3) is 0.600. The van der Waals surface area contributed by atoms with Gasteiger partial charge in [-0.3, -0.25) is 0 Å². The summed E-state index contributed by atoms with van der Waals surface area (Å²) < 4.78 is 5.33. The van der Waals surface area contributed by atoms with Crippen LogP contribution in [0.1, 0.15) is 24.2 Å². The van der Waals surface area contributed by atoms with Gasteiger partial charge in [-0.2, -0.15) is 11.8 Å². The minimum absolute atomic E-state index is 0.806. The molecule has 1 aromatic heterocycles. The Morgan fingerprint density at radius 3 is 2.92 bits per heavy atom. The molecule has 3 heteroatoms. The molecule has 1 aromatic rings. The SMILES string of the molecule is Cc1ccoc1CSCCCCN. The van der Waals surface area contributed by atoms with E-state index in [4.69, 9.17) is 10.2 Å². The van der Waals surface area contributed by atoms with Crippen molar-refractivity contribution in [1.29, 1.82) is 0 Å². The van der Waals surface area contributed by atoms with Crippen molar-refractivity contribution in [3.63, 3.8) is 0 Å². The second kappa shape index (κ2) is 6.11. The maximum Gasteiger partial charge on any atom is 0.116 e. The largest absolute Gasteiger partial charge is 0.468 e. The fourth-order valence-corrected chi connectivity index (χ4v) is 2.10. The molecule has 2 nitrogen and oxygen atoms in total. The Labute approximate surface area is 83.9 Å². The normalized spacial score (nSPS) is 10.6. The maximum atomic E-state index is 5.40. The number of rotatable bonds is 6. The predicted octanol–water partition coefficient (Wildman–Crippen LogP) is 2.56. The Morgan fingerprint density at radius 1 is 1.46 bits per heavy atom. The molecule has 13 heavy (non-hydrogen) atoms. The summed E-state index contributed by atoms with van der Waals surface area (Å²) in [5, 5.41) is 0. The van der Waals surface area contributed by atoms with Crippen LogP contribution in [-0.4, -0.2) is 12.3 Å². The molecule has 74 valence electrons. The van der Waals surface area contributed by atoms with Crippen LogP contribution in [0.2, 0.25) is 0 Å². The summed E-state index contributed by atoms with van der Waals surface area (Å²) in [7, 11) is 0. The van der Waals surface area contributed by atoms with Crippen LogP contribution in [-0.2, 0) is 5.75 Å². The highest BCUT2D eigenvalue weighted by molar-refractivity contribution is 7.98. The summed E-state index contributed by atoms with van der Waals surface area (Å²) in [5.41, 5.74) is 6.66. The molecule has 2 N–H and O–H groups in total. The van der Waals surface area contributed by atoms with E-state index in [0.29, 0.717) is 0 Å². The van der Waals surface area contributed by atoms with Crippen LogP contribution in [0.25, 0.3) is 0 Å². The molecule has 0 saturated carbocycles. The van der Waals surface area contributed by atoms with Crippen molar-refractivity contribution in [3.8, 4) is 0 Å². The van der Waals surface area contributed by atoms with Gasteiger partial charge in [-0.1, -0.05) is 0 Å². The number of hydrogen-bond acceptors (Lipinski definition) is 3. The Bertz CT molecular complexity index is 235. The molecule has 0 radical (unpaired) electrons. The summed E-state index contributed by atoms with van der Waals surface area (Å²) in [6.45, 7) is 2.89. The van der Waals surface area contributed by atoms with Gasteiger partial charge in [0.1, 0.15) is 5.76 Å². The molecule has 0 spiro atoms. The van der Waals surface area contributed by atoms with Crippen molar-refractivity contribution in [2.24, 2.45) is 5.73 Å². The molecule has 0 aliphatic heterocycles. The van der Waals surface area contributed by atoms with Gasteiger partial charge in [-0.15, -0.1) is 0 Å². The van der Waals surface area contributed by atoms with Crippen LogP contribution in [0, 0.1) is 6.92 Å². The van der Waals surface area contributed by atoms with E-state index in [2.05, 4.69) is 6.92 Å². The van der Waals surface area contributed by atoms with Crippen LogP contribution in [0.15, 0.2) is 16.7 Å². The molecule has 0 fully saturated rings. The maximum absolute atomic E-state index is 5.40. The highest BCUT2D eigenvalue weighted by Gasteiger charge is 2.00. The minimum Gasteiger partial charge on any atom is -0.468 e. The van der Waals surface area contributed by atoms with E-state index in [0.717, 1.165) is 24.5 Å². The first-order chi connectivity index (χ1) is 6.34. The summed E-state index contributed by atoms with van der Waals surface area (Å²) in [4.78, 5) is 0. The lowest BCUT2D eigenvalue weighted by Gasteiger charge is -1.99. The van der Waals surface area contributed by atoms with Crippen molar-refractivity contribution in [2.45, 2.75) is 25.5 Å². The van der Waals surface area contributed by atoms with Crippen LogP contribution in [0.3, 0.4) is 0 Å². The smallest absolute Gasteiger partial charge is 0.116 e. The Morgan fingerprint density at radius 2 is 2.31 bits per heavy atom. The zero-order valence-electron chi connectivity index (χ0n) is 8.08. The van der Waals surface area contributed by atoms with Gasteiger partial charge in [0, 0.05) is 0 Å². The monoisotopic (exact) mass is 199 g/mol. The predicted molar refractivity (Wildman–Crippen MR) is 57.9 cm³/mol. The first-order valence-electron chi connectivity index (χ1n) is 4.65. The second-order valence-corrected chi connectivity index (χ2v) is 4.18. The van der Waals surface area contributed by atoms with E-state index >= 15 is 0 Å². The second-order valence-electron chi connectivity index (χ2n) is 3.08. The highest BCUT2D eigenvalue weighted by atomic mass is 32.2. The van der Waals surface area contributed by atoms with E-state index < -0.39 is 0 Å². The lowest BCUT2D eigenvalue weighted by Crippen LogP contribution is -1.98. The molecule has 1 rings (SSSR count). The topological polar surface area (TPSA) is 39.2 Å². The molecule has 0 amide bonds. The fourth-order valence-electron chi connectivity index (χ4n) is 1.07. The number of hydrogen-bond donors (Lipinski definition) is 1. The molecular weight excluding hydrogens is 182 g/mol. The third-order valence-electron chi connectivity index (χ3n) is 1.94. The van der Waals surface area contributed by atoms with Crippen molar-refractivity contribution in [3.05, 3.63) is 23.7 Å². The van der Waals surface area contributed by atoms with E-state index in [-0.39, 0.29) is 0 Å². The number of aryl methyl sites for hydroxylation is 1. The summed E-state index contributed by atoms with van der Waals surface area (Å²) in [6.07, 6.45) is 4.09. The summed E-state index contributed by atoms with van der Waals surface area (Å²) in [6, 6.07) is 2.01. The van der Waals surface area contributed by atoms with Gasteiger partial charge in [0.2, 0.25) is 0 Å². The van der Waals surface area contributed by atoms with Gasteiger partial charge in [0.15, 0.2) is 0 Å². The minimum atomic E-state index is 0.806. The Kier molecular flexibility index (Phi) is 5.01. The van der Waals surface area contributed by atoms with Gasteiger partial charge in [-0.05, 0) is 43.7 Å². The first-order valence-corrected chi connectivity index (χ1v) is 5.81. The lowest BCUT2D eigenvalue weighted by molar-refractivity contribution is 0.528. The van der Waals surface area contributed by atoms with Crippen LogP contribution in [0.4, 0.5) is 0 Å². The van der Waals surface area contributed by atoms with Gasteiger partial charge in [0.05, 0.1) is 12.0 Å². The van der Waals surface area contributed by atoms with Crippen LogP contribution < -0.4 is 5.73 Å². The standard InChI is InChI=1S/C10H17NOS/c1-9-4-6-12-10(9)8-13-7-3-2-5-11/h4,6H,2-3,5,7-8,11H2,1H3. The first kappa shape index (κ1) is 10.7. The molecule has 0 atom stereocenters. The van der Waals surface area contributed by atoms with E-state index in [9.17, 15) is 0 Å². The van der Waals surface area contributed by atoms with Gasteiger partial charge >= 0.3 is 0 Å². The molecular formula is C10H17NOS. The molecule has 0 aliphatic carbocycles. The van der Waals surface area contributed by atoms with Crippen LogP contribution in [0.5, 0.6) is 0 Å². The lowest BCUT2D eigenvalue weighted by atomic mass is 10.3. The van der Waals surface area contributed by atoms with E-state index in [1.807, 2.05) is 17.8 Å². The average molecular weight is 199 g/mol. The highest BCUT2D eigenvalue weighted by Crippen LogP contribution is 2.17. The Balaban J connectivity index is 2.10. The molecule has 0 bridgehead atoms. The van der Waals surface area contributed by atoms with Crippen LogP contribution >= 0.6 is 11.8 Å². The molecule has 0 saturated heterocycles. The zero-order chi connectivity index (χ0) is 9.52. The van der Waals surface area contributed by atoms with Crippen molar-refractivity contribution in [2.75, 3.05) is 12.3 Å².